The third kappa shape index (κ3) is 4.70. The highest BCUT2D eigenvalue weighted by Crippen LogP contribution is 2.16. The Hall–Kier alpha value is -1.82. The number of aryl methyl sites for hydroxylation is 1. The molecule has 0 aliphatic heterocycles. The predicted molar refractivity (Wildman–Crippen MR) is 74.4 cm³/mol. The lowest BCUT2D eigenvalue weighted by molar-refractivity contribution is -0.122. The summed E-state index contributed by atoms with van der Waals surface area (Å²) < 4.78 is 10.2. The molecule has 0 saturated carbocycles. The van der Waals surface area contributed by atoms with Crippen LogP contribution in [-0.2, 0) is 16.1 Å². The summed E-state index contributed by atoms with van der Waals surface area (Å²) in [5.74, 6) is 0.719. The van der Waals surface area contributed by atoms with E-state index in [0.717, 1.165) is 6.42 Å². The lowest BCUT2D eigenvalue weighted by Gasteiger charge is -2.14. The van der Waals surface area contributed by atoms with Crippen molar-refractivity contribution in [1.29, 1.82) is 0 Å². The number of hydrogen-bond donors (Lipinski definition) is 1. The molecule has 0 unspecified atom stereocenters. The number of ether oxygens (including phenoxy) is 1. The van der Waals surface area contributed by atoms with Gasteiger partial charge in [-0.25, -0.2) is 4.79 Å². The Balaban J connectivity index is 2.56. The van der Waals surface area contributed by atoms with E-state index in [1.54, 1.807) is 13.0 Å². The number of carbonyl (C=O) groups excluding carboxylic acids is 2. The molecule has 0 aliphatic carbocycles. The second-order valence-electron chi connectivity index (χ2n) is 4.70. The molecule has 1 amide bonds. The maximum Gasteiger partial charge on any atom is 0.341 e. The van der Waals surface area contributed by atoms with Gasteiger partial charge in [-0.3, -0.25) is 9.69 Å². The standard InChI is InChI=1S/C14H22N2O4/c1-5-6-15-13(17)9-16(3)8-11-7-12(10(2)20-11)14(18)19-4/h7H,5-6,8-9H2,1-4H3,(H,15,17). The monoisotopic (exact) mass is 282 g/mol. The highest BCUT2D eigenvalue weighted by molar-refractivity contribution is 5.90. The van der Waals surface area contributed by atoms with Crippen LogP contribution in [0.15, 0.2) is 10.5 Å². The summed E-state index contributed by atoms with van der Waals surface area (Å²) in [6, 6.07) is 1.65. The van der Waals surface area contributed by atoms with Gasteiger partial charge >= 0.3 is 5.97 Å². The quantitative estimate of drug-likeness (QED) is 0.764. The van der Waals surface area contributed by atoms with Gasteiger partial charge in [-0.2, -0.15) is 0 Å². The number of likely N-dealkylation sites (N-methyl/N-ethyl adjacent to an activating group) is 1. The molecule has 6 nitrogen and oxygen atoms in total. The van der Waals surface area contributed by atoms with E-state index in [2.05, 4.69) is 10.1 Å². The zero-order chi connectivity index (χ0) is 15.1. The summed E-state index contributed by atoms with van der Waals surface area (Å²) >= 11 is 0. The lowest BCUT2D eigenvalue weighted by Crippen LogP contribution is -2.35. The van der Waals surface area contributed by atoms with Gasteiger partial charge in [0.15, 0.2) is 0 Å². The Labute approximate surface area is 119 Å². The topological polar surface area (TPSA) is 71.8 Å². The second-order valence-corrected chi connectivity index (χ2v) is 4.70. The maximum atomic E-state index is 11.6. The fourth-order valence-electron chi connectivity index (χ4n) is 1.82. The summed E-state index contributed by atoms with van der Waals surface area (Å²) in [6.45, 7) is 5.14. The molecule has 0 fully saturated rings. The van der Waals surface area contributed by atoms with E-state index in [4.69, 9.17) is 4.42 Å². The van der Waals surface area contributed by atoms with Gasteiger partial charge in [0.2, 0.25) is 5.91 Å². The van der Waals surface area contributed by atoms with Crippen LogP contribution in [0.1, 0.15) is 35.2 Å². The van der Waals surface area contributed by atoms with E-state index in [-0.39, 0.29) is 12.5 Å². The third-order valence-electron chi connectivity index (χ3n) is 2.79. The van der Waals surface area contributed by atoms with E-state index >= 15 is 0 Å². The Morgan fingerprint density at radius 2 is 2.15 bits per heavy atom. The predicted octanol–water partition coefficient (Wildman–Crippen LogP) is 1.33. The van der Waals surface area contributed by atoms with Gasteiger partial charge in [-0.05, 0) is 26.5 Å². The normalized spacial score (nSPS) is 10.7. The number of nitrogens with zero attached hydrogens (tertiary/aromatic N) is 1. The molecule has 0 aromatic carbocycles. The summed E-state index contributed by atoms with van der Waals surface area (Å²) in [6.07, 6.45) is 0.912. The number of rotatable bonds is 7. The minimum absolute atomic E-state index is 0.0224. The molecule has 112 valence electrons. The molecule has 0 radical (unpaired) electrons. The van der Waals surface area contributed by atoms with Crippen molar-refractivity contribution in [2.45, 2.75) is 26.8 Å². The molecule has 0 spiro atoms. The van der Waals surface area contributed by atoms with Crippen LogP contribution in [0.25, 0.3) is 0 Å². The van der Waals surface area contributed by atoms with Crippen LogP contribution in [0.2, 0.25) is 0 Å². The molecule has 0 saturated heterocycles. The van der Waals surface area contributed by atoms with Crippen molar-refractivity contribution in [2.75, 3.05) is 27.2 Å². The van der Waals surface area contributed by atoms with Gasteiger partial charge in [-0.15, -0.1) is 0 Å². The van der Waals surface area contributed by atoms with Crippen molar-refractivity contribution in [1.82, 2.24) is 10.2 Å². The van der Waals surface area contributed by atoms with Crippen molar-refractivity contribution in [3.05, 3.63) is 23.2 Å². The van der Waals surface area contributed by atoms with E-state index in [9.17, 15) is 9.59 Å². The first-order valence-electron chi connectivity index (χ1n) is 6.60. The van der Waals surface area contributed by atoms with Crippen LogP contribution in [0.5, 0.6) is 0 Å². The lowest BCUT2D eigenvalue weighted by atomic mass is 10.2. The Morgan fingerprint density at radius 3 is 2.75 bits per heavy atom. The zero-order valence-electron chi connectivity index (χ0n) is 12.5. The first-order valence-corrected chi connectivity index (χ1v) is 6.60. The van der Waals surface area contributed by atoms with Gasteiger partial charge in [-0.1, -0.05) is 6.92 Å². The molecule has 20 heavy (non-hydrogen) atoms. The average molecular weight is 282 g/mol. The number of carbonyl (C=O) groups is 2. The fourth-order valence-corrected chi connectivity index (χ4v) is 1.82. The van der Waals surface area contributed by atoms with Crippen molar-refractivity contribution in [3.8, 4) is 0 Å². The van der Waals surface area contributed by atoms with E-state index in [1.807, 2.05) is 18.9 Å². The van der Waals surface area contributed by atoms with Crippen molar-refractivity contribution in [2.24, 2.45) is 0 Å². The highest BCUT2D eigenvalue weighted by atomic mass is 16.5. The molecular weight excluding hydrogens is 260 g/mol. The molecule has 0 atom stereocenters. The Bertz CT molecular complexity index is 468. The van der Waals surface area contributed by atoms with Gasteiger partial charge in [0, 0.05) is 6.54 Å². The van der Waals surface area contributed by atoms with Crippen LogP contribution < -0.4 is 5.32 Å². The molecule has 1 aromatic heterocycles. The molecule has 0 aliphatic rings. The number of esters is 1. The fraction of sp³-hybridized carbons (Fsp3) is 0.571. The van der Waals surface area contributed by atoms with Crippen LogP contribution >= 0.6 is 0 Å². The Kier molecular flexibility index (Phi) is 6.24. The molecule has 1 rings (SSSR count). The highest BCUT2D eigenvalue weighted by Gasteiger charge is 2.16. The minimum Gasteiger partial charge on any atom is -0.465 e. The average Bonchev–Trinajstić information content (AvgIpc) is 2.75. The molecule has 1 aromatic rings. The summed E-state index contributed by atoms with van der Waals surface area (Å²) in [4.78, 5) is 24.9. The second kappa shape index (κ2) is 7.69. The van der Waals surface area contributed by atoms with Crippen LogP contribution in [0, 0.1) is 6.92 Å². The maximum absolute atomic E-state index is 11.6. The minimum atomic E-state index is -0.416. The van der Waals surface area contributed by atoms with Gasteiger partial charge < -0.3 is 14.5 Å². The molecule has 0 bridgehead atoms. The molecule has 1 heterocycles. The smallest absolute Gasteiger partial charge is 0.341 e. The van der Waals surface area contributed by atoms with Crippen LogP contribution in [-0.4, -0.2) is 44.0 Å². The van der Waals surface area contributed by atoms with E-state index in [0.29, 0.717) is 30.2 Å². The van der Waals surface area contributed by atoms with E-state index < -0.39 is 5.97 Å². The van der Waals surface area contributed by atoms with Gasteiger partial charge in [0.1, 0.15) is 17.1 Å². The summed E-state index contributed by atoms with van der Waals surface area (Å²) in [7, 11) is 3.15. The molecular formula is C14H22N2O4. The number of nitrogens with one attached hydrogen (secondary N) is 1. The largest absolute Gasteiger partial charge is 0.465 e. The third-order valence-corrected chi connectivity index (χ3v) is 2.79. The van der Waals surface area contributed by atoms with Crippen molar-refractivity contribution < 1.29 is 18.7 Å². The van der Waals surface area contributed by atoms with Crippen LogP contribution in [0.3, 0.4) is 0 Å². The number of furan rings is 1. The van der Waals surface area contributed by atoms with Gasteiger partial charge in [0.05, 0.1) is 20.2 Å². The number of amides is 1. The zero-order valence-corrected chi connectivity index (χ0v) is 12.5. The first kappa shape index (κ1) is 16.2. The SMILES string of the molecule is CCCNC(=O)CN(C)Cc1cc(C(=O)OC)c(C)o1. The Morgan fingerprint density at radius 1 is 1.45 bits per heavy atom. The number of hydrogen-bond acceptors (Lipinski definition) is 5. The molecule has 6 heteroatoms. The molecule has 1 N–H and O–H groups in total. The van der Waals surface area contributed by atoms with Crippen LogP contribution in [0.4, 0.5) is 0 Å². The summed E-state index contributed by atoms with van der Waals surface area (Å²) in [5.41, 5.74) is 0.423. The van der Waals surface area contributed by atoms with Crippen molar-refractivity contribution in [3.63, 3.8) is 0 Å². The van der Waals surface area contributed by atoms with Gasteiger partial charge in [0.25, 0.3) is 0 Å². The van der Waals surface area contributed by atoms with Crippen molar-refractivity contribution >= 4 is 11.9 Å². The first-order chi connectivity index (χ1) is 9.47. The summed E-state index contributed by atoms with van der Waals surface area (Å²) in [5, 5.41) is 2.81. The number of methoxy groups -OCH3 is 1. The van der Waals surface area contributed by atoms with E-state index in [1.165, 1.54) is 7.11 Å².